The fraction of sp³-hybridized carbons (Fsp3) is 0.357. The van der Waals surface area contributed by atoms with E-state index >= 15 is 0 Å². The van der Waals surface area contributed by atoms with E-state index < -0.39 is 49.3 Å². The van der Waals surface area contributed by atoms with Crippen molar-refractivity contribution in [1.29, 1.82) is 0 Å². The van der Waals surface area contributed by atoms with Crippen LogP contribution in [0, 0.1) is 0 Å². The van der Waals surface area contributed by atoms with Crippen molar-refractivity contribution in [3.8, 4) is 0 Å². The number of nitrogens with one attached hydrogen (secondary N) is 2. The van der Waals surface area contributed by atoms with E-state index in [1.165, 1.54) is 5.32 Å². The maximum absolute atomic E-state index is 12.1. The number of carboxylic acid groups (broad SMARTS) is 1. The number of carbonyl (C=O) groups excluding carboxylic acids is 2. The molecule has 0 aliphatic heterocycles. The van der Waals surface area contributed by atoms with Gasteiger partial charge >= 0.3 is 24.0 Å². The topological polar surface area (TPSA) is 125 Å². The maximum atomic E-state index is 12.1. The van der Waals surface area contributed by atoms with Gasteiger partial charge in [-0.3, -0.25) is 4.79 Å². The van der Waals surface area contributed by atoms with Crippen LogP contribution in [0.25, 0.3) is 0 Å². The van der Waals surface area contributed by atoms with E-state index in [2.05, 4.69) is 10.1 Å². The number of alkyl halides is 3. The molecular weight excluding hydrogens is 349 g/mol. The summed E-state index contributed by atoms with van der Waals surface area (Å²) in [5.41, 5.74) is 0.457. The van der Waals surface area contributed by atoms with Gasteiger partial charge in [0.15, 0.2) is 6.04 Å². The number of ether oxygens (including phenoxy) is 1. The predicted molar refractivity (Wildman–Crippen MR) is 77.5 cm³/mol. The molecule has 0 radical (unpaired) electrons. The van der Waals surface area contributed by atoms with Crippen LogP contribution in [0.15, 0.2) is 30.3 Å². The molecule has 1 aromatic carbocycles. The number of halogens is 3. The maximum Gasteiger partial charge on any atom is 0.471 e. The van der Waals surface area contributed by atoms with E-state index in [-0.39, 0.29) is 0 Å². The number of rotatable bonds is 8. The van der Waals surface area contributed by atoms with Crippen LogP contribution in [0.3, 0.4) is 0 Å². The van der Waals surface area contributed by atoms with Crippen LogP contribution in [-0.2, 0) is 19.1 Å². The normalized spacial score (nSPS) is 13.4. The Morgan fingerprint density at radius 1 is 1.12 bits per heavy atom. The van der Waals surface area contributed by atoms with Crippen molar-refractivity contribution in [1.82, 2.24) is 5.32 Å². The number of anilines is 1. The summed E-state index contributed by atoms with van der Waals surface area (Å²) in [5, 5.41) is 21.8. The number of aliphatic hydroxyl groups excluding tert-OH is 1. The summed E-state index contributed by atoms with van der Waals surface area (Å²) in [5.74, 6) is -5.39. The van der Waals surface area contributed by atoms with Gasteiger partial charge < -0.3 is 25.6 Å². The van der Waals surface area contributed by atoms with Crippen LogP contribution in [0.2, 0.25) is 0 Å². The van der Waals surface area contributed by atoms with Crippen LogP contribution in [0.1, 0.15) is 0 Å². The molecule has 0 fully saturated rings. The standard InChI is InChI=1S/C14H15F3N2O6/c15-14(16,17)13(24)19-10(11(21)22)7-25-12(23)9(6-20)18-8-4-2-1-3-5-8/h1-5,9-10,18,20H,6-7H2,(H,19,24)(H,21,22)/t9-,10-/m0/s1. The van der Waals surface area contributed by atoms with Gasteiger partial charge in [-0.15, -0.1) is 0 Å². The van der Waals surface area contributed by atoms with Gasteiger partial charge in [0.2, 0.25) is 0 Å². The zero-order chi connectivity index (χ0) is 19.0. The van der Waals surface area contributed by atoms with Crippen LogP contribution < -0.4 is 10.6 Å². The van der Waals surface area contributed by atoms with Crippen LogP contribution in [0.4, 0.5) is 18.9 Å². The summed E-state index contributed by atoms with van der Waals surface area (Å²) < 4.78 is 41.0. The number of hydrogen-bond acceptors (Lipinski definition) is 6. The highest BCUT2D eigenvalue weighted by Gasteiger charge is 2.41. The molecular formula is C14H15F3N2O6. The van der Waals surface area contributed by atoms with E-state index in [0.29, 0.717) is 5.69 Å². The van der Waals surface area contributed by atoms with Crippen molar-refractivity contribution in [2.24, 2.45) is 0 Å². The number of para-hydroxylation sites is 1. The lowest BCUT2D eigenvalue weighted by molar-refractivity contribution is -0.176. The summed E-state index contributed by atoms with van der Waals surface area (Å²) in [6.45, 7) is -1.75. The highest BCUT2D eigenvalue weighted by atomic mass is 19.4. The zero-order valence-corrected chi connectivity index (χ0v) is 12.6. The molecule has 0 saturated heterocycles. The number of amides is 1. The Morgan fingerprint density at radius 3 is 2.20 bits per heavy atom. The van der Waals surface area contributed by atoms with Crippen molar-refractivity contribution >= 4 is 23.5 Å². The number of carbonyl (C=O) groups is 3. The summed E-state index contributed by atoms with van der Waals surface area (Å²) >= 11 is 0. The molecule has 1 rings (SSSR count). The molecule has 1 aromatic rings. The highest BCUT2D eigenvalue weighted by Crippen LogP contribution is 2.14. The van der Waals surface area contributed by atoms with Crippen molar-refractivity contribution in [2.45, 2.75) is 18.3 Å². The average Bonchev–Trinajstić information content (AvgIpc) is 2.55. The minimum absolute atomic E-state index is 0.457. The SMILES string of the molecule is O=C(O)[C@H](COC(=O)[C@H](CO)Nc1ccccc1)NC(=O)C(F)(F)F. The zero-order valence-electron chi connectivity index (χ0n) is 12.6. The predicted octanol–water partition coefficient (Wildman–Crippen LogP) is 0.134. The molecule has 0 unspecified atom stereocenters. The van der Waals surface area contributed by atoms with E-state index in [9.17, 15) is 32.7 Å². The first-order valence-corrected chi connectivity index (χ1v) is 6.84. The molecule has 8 nitrogen and oxygen atoms in total. The van der Waals surface area contributed by atoms with Crippen molar-refractivity contribution in [3.05, 3.63) is 30.3 Å². The number of esters is 1. The van der Waals surface area contributed by atoms with Gasteiger partial charge in [0.25, 0.3) is 0 Å². The Labute approximate surface area is 139 Å². The summed E-state index contributed by atoms with van der Waals surface area (Å²) in [7, 11) is 0. The fourth-order valence-electron chi connectivity index (χ4n) is 1.60. The van der Waals surface area contributed by atoms with Gasteiger partial charge in [0.05, 0.1) is 6.61 Å². The van der Waals surface area contributed by atoms with Gasteiger partial charge in [-0.25, -0.2) is 9.59 Å². The van der Waals surface area contributed by atoms with Gasteiger partial charge in [-0.1, -0.05) is 18.2 Å². The molecule has 25 heavy (non-hydrogen) atoms. The fourth-order valence-corrected chi connectivity index (χ4v) is 1.60. The molecule has 0 spiro atoms. The van der Waals surface area contributed by atoms with Crippen LogP contribution in [0.5, 0.6) is 0 Å². The monoisotopic (exact) mass is 364 g/mol. The lowest BCUT2D eigenvalue weighted by Crippen LogP contribution is -2.50. The minimum atomic E-state index is -5.28. The van der Waals surface area contributed by atoms with E-state index in [1.54, 1.807) is 30.3 Å². The molecule has 0 aliphatic rings. The van der Waals surface area contributed by atoms with Gasteiger partial charge in [0.1, 0.15) is 12.6 Å². The minimum Gasteiger partial charge on any atom is -0.480 e. The Kier molecular flexibility index (Phi) is 7.18. The van der Waals surface area contributed by atoms with Gasteiger partial charge in [0, 0.05) is 5.69 Å². The Bertz CT molecular complexity index is 608. The molecule has 0 heterocycles. The van der Waals surface area contributed by atoms with E-state index in [0.717, 1.165) is 0 Å². The molecule has 11 heteroatoms. The number of hydrogen-bond donors (Lipinski definition) is 4. The van der Waals surface area contributed by atoms with Crippen molar-refractivity contribution < 1.29 is 42.5 Å². The second-order valence-electron chi connectivity index (χ2n) is 4.74. The van der Waals surface area contributed by atoms with Crippen LogP contribution in [-0.4, -0.2) is 59.5 Å². The molecule has 0 bridgehead atoms. The largest absolute Gasteiger partial charge is 0.480 e. The molecule has 0 aliphatic carbocycles. The highest BCUT2D eigenvalue weighted by molar-refractivity contribution is 5.87. The third kappa shape index (κ3) is 6.67. The number of benzene rings is 1. The van der Waals surface area contributed by atoms with Crippen LogP contribution >= 0.6 is 0 Å². The molecule has 0 saturated carbocycles. The summed E-state index contributed by atoms with van der Waals surface area (Å²) in [4.78, 5) is 33.4. The number of aliphatic carboxylic acids is 1. The molecule has 138 valence electrons. The third-order valence-corrected chi connectivity index (χ3v) is 2.83. The number of aliphatic hydroxyl groups is 1. The Morgan fingerprint density at radius 2 is 1.72 bits per heavy atom. The first-order valence-electron chi connectivity index (χ1n) is 6.84. The molecule has 4 N–H and O–H groups in total. The molecule has 0 aromatic heterocycles. The second kappa shape index (κ2) is 8.87. The third-order valence-electron chi connectivity index (χ3n) is 2.83. The molecule has 2 atom stereocenters. The first kappa shape index (κ1) is 20.2. The first-order chi connectivity index (χ1) is 11.6. The van der Waals surface area contributed by atoms with Crippen molar-refractivity contribution in [3.63, 3.8) is 0 Å². The smallest absolute Gasteiger partial charge is 0.471 e. The van der Waals surface area contributed by atoms with Crippen molar-refractivity contribution in [2.75, 3.05) is 18.5 Å². The second-order valence-corrected chi connectivity index (χ2v) is 4.74. The number of carboxylic acids is 1. The van der Waals surface area contributed by atoms with E-state index in [4.69, 9.17) is 5.11 Å². The Hall–Kier alpha value is -2.82. The van der Waals surface area contributed by atoms with Gasteiger partial charge in [-0.2, -0.15) is 13.2 Å². The lowest BCUT2D eigenvalue weighted by atomic mass is 10.2. The summed E-state index contributed by atoms with van der Waals surface area (Å²) in [6.07, 6.45) is -5.28. The average molecular weight is 364 g/mol. The quantitative estimate of drug-likeness (QED) is 0.483. The lowest BCUT2D eigenvalue weighted by Gasteiger charge is -2.19. The Balaban J connectivity index is 2.63. The molecule has 1 amide bonds. The summed E-state index contributed by atoms with van der Waals surface area (Å²) in [6, 6.07) is 4.81. The van der Waals surface area contributed by atoms with Gasteiger partial charge in [-0.05, 0) is 12.1 Å². The van der Waals surface area contributed by atoms with E-state index in [1.807, 2.05) is 0 Å².